The van der Waals surface area contributed by atoms with Crippen LogP contribution in [0.1, 0.15) is 30.4 Å². The molecule has 0 radical (unpaired) electrons. The topological polar surface area (TPSA) is 69.7 Å². The molecule has 1 aliphatic heterocycles. The molecule has 0 aliphatic carbocycles. The second-order valence-corrected chi connectivity index (χ2v) is 11.5. The third-order valence-electron chi connectivity index (χ3n) is 6.19. The molecule has 0 unspecified atom stereocenters. The van der Waals surface area contributed by atoms with E-state index in [2.05, 4.69) is 22.3 Å². The van der Waals surface area contributed by atoms with Crippen molar-refractivity contribution < 1.29 is 13.2 Å². The molecule has 190 valence electrons. The highest BCUT2D eigenvalue weighted by Crippen LogP contribution is 2.35. The van der Waals surface area contributed by atoms with Gasteiger partial charge in [-0.1, -0.05) is 78.2 Å². The lowest BCUT2D eigenvalue weighted by Gasteiger charge is -2.26. The predicted molar refractivity (Wildman–Crippen MR) is 145 cm³/mol. The molecule has 0 aromatic heterocycles. The van der Waals surface area contributed by atoms with Crippen LogP contribution in [0, 0.1) is 0 Å². The Hall–Kier alpha value is -2.58. The number of piperidine rings is 1. The van der Waals surface area contributed by atoms with Gasteiger partial charge in [0.05, 0.1) is 20.6 Å². The van der Waals surface area contributed by atoms with Crippen molar-refractivity contribution in [1.82, 2.24) is 10.2 Å². The zero-order valence-corrected chi connectivity index (χ0v) is 22.2. The average Bonchev–Trinajstić information content (AvgIpc) is 2.90. The molecular weight excluding hydrogens is 517 g/mol. The molecule has 4 rings (SSSR count). The summed E-state index contributed by atoms with van der Waals surface area (Å²) in [6.45, 7) is 3.04. The SMILES string of the molecule is O=C(CN(c1cccc(Cl)c1Cl)S(=O)(=O)c1ccccc1)NCc1ccc(CN2CCCCC2)cc1. The van der Waals surface area contributed by atoms with Gasteiger partial charge in [0.2, 0.25) is 5.91 Å². The molecule has 3 aromatic rings. The molecule has 9 heteroatoms. The third-order valence-corrected chi connectivity index (χ3v) is 8.77. The van der Waals surface area contributed by atoms with E-state index in [1.54, 1.807) is 30.3 Å². The molecule has 6 nitrogen and oxygen atoms in total. The molecule has 36 heavy (non-hydrogen) atoms. The van der Waals surface area contributed by atoms with Gasteiger partial charge in [-0.2, -0.15) is 0 Å². The summed E-state index contributed by atoms with van der Waals surface area (Å²) in [7, 11) is -4.07. The minimum atomic E-state index is -4.07. The van der Waals surface area contributed by atoms with E-state index in [-0.39, 0.29) is 27.2 Å². The smallest absolute Gasteiger partial charge is 0.264 e. The van der Waals surface area contributed by atoms with Crippen LogP contribution in [0.3, 0.4) is 0 Å². The van der Waals surface area contributed by atoms with Crippen molar-refractivity contribution in [2.75, 3.05) is 23.9 Å². The first kappa shape index (κ1) is 26.5. The lowest BCUT2D eigenvalue weighted by atomic mass is 10.1. The summed E-state index contributed by atoms with van der Waals surface area (Å²) in [6, 6.07) is 20.8. The van der Waals surface area contributed by atoms with E-state index < -0.39 is 22.5 Å². The van der Waals surface area contributed by atoms with E-state index in [9.17, 15) is 13.2 Å². The van der Waals surface area contributed by atoms with Crippen LogP contribution in [0.15, 0.2) is 77.7 Å². The number of rotatable bonds is 9. The van der Waals surface area contributed by atoms with Crippen LogP contribution in [0.25, 0.3) is 0 Å². The van der Waals surface area contributed by atoms with Crippen molar-refractivity contribution in [3.05, 3.63) is 94.0 Å². The Labute approximate surface area is 222 Å². The van der Waals surface area contributed by atoms with E-state index in [0.29, 0.717) is 0 Å². The van der Waals surface area contributed by atoms with Crippen LogP contribution in [0.5, 0.6) is 0 Å². The highest BCUT2D eigenvalue weighted by molar-refractivity contribution is 7.92. The number of carbonyl (C=O) groups excluding carboxylic acids is 1. The van der Waals surface area contributed by atoms with E-state index in [1.807, 2.05) is 12.1 Å². The van der Waals surface area contributed by atoms with E-state index in [1.165, 1.54) is 43.0 Å². The van der Waals surface area contributed by atoms with Gasteiger partial charge in [0, 0.05) is 13.1 Å². The second-order valence-electron chi connectivity index (χ2n) is 8.83. The van der Waals surface area contributed by atoms with Crippen molar-refractivity contribution in [3.8, 4) is 0 Å². The molecule has 0 atom stereocenters. The first-order valence-corrected chi connectivity index (χ1v) is 14.1. The van der Waals surface area contributed by atoms with Gasteiger partial charge in [-0.25, -0.2) is 8.42 Å². The van der Waals surface area contributed by atoms with Crippen LogP contribution in [0.4, 0.5) is 5.69 Å². The largest absolute Gasteiger partial charge is 0.350 e. The van der Waals surface area contributed by atoms with Crippen molar-refractivity contribution >= 4 is 44.8 Å². The summed E-state index contributed by atoms with van der Waals surface area (Å²) in [4.78, 5) is 15.4. The second kappa shape index (κ2) is 12.1. The minimum Gasteiger partial charge on any atom is -0.350 e. The quantitative estimate of drug-likeness (QED) is 0.386. The van der Waals surface area contributed by atoms with Crippen LogP contribution in [-0.4, -0.2) is 38.9 Å². The van der Waals surface area contributed by atoms with Crippen LogP contribution in [-0.2, 0) is 27.9 Å². The summed E-state index contributed by atoms with van der Waals surface area (Å²) in [5.74, 6) is -0.456. The summed E-state index contributed by atoms with van der Waals surface area (Å²) in [5.41, 5.74) is 2.32. The Morgan fingerprint density at radius 2 is 1.53 bits per heavy atom. The van der Waals surface area contributed by atoms with E-state index in [0.717, 1.165) is 29.5 Å². The zero-order chi connectivity index (χ0) is 25.5. The molecule has 1 heterocycles. The standard InChI is InChI=1S/C27H29Cl2N3O3S/c28-24-10-7-11-25(27(24)29)32(36(34,35)23-8-3-1-4-9-23)20-26(33)30-18-21-12-14-22(15-13-21)19-31-16-5-2-6-17-31/h1,3-4,7-15H,2,5-6,16-20H2,(H,30,33). The average molecular weight is 547 g/mol. The van der Waals surface area contributed by atoms with Gasteiger partial charge in [-0.3, -0.25) is 14.0 Å². The number of benzene rings is 3. The zero-order valence-electron chi connectivity index (χ0n) is 19.9. The summed E-state index contributed by atoms with van der Waals surface area (Å²) in [6.07, 6.45) is 3.81. The van der Waals surface area contributed by atoms with Crippen molar-refractivity contribution in [2.24, 2.45) is 0 Å². The molecular formula is C27H29Cl2N3O3S. The van der Waals surface area contributed by atoms with Crippen LogP contribution < -0.4 is 9.62 Å². The van der Waals surface area contributed by atoms with Crippen molar-refractivity contribution in [2.45, 2.75) is 37.2 Å². The first-order chi connectivity index (χ1) is 17.3. The lowest BCUT2D eigenvalue weighted by Crippen LogP contribution is -2.40. The molecule has 0 saturated carbocycles. The highest BCUT2D eigenvalue weighted by Gasteiger charge is 2.29. The fraction of sp³-hybridized carbons (Fsp3) is 0.296. The number of nitrogens with zero attached hydrogens (tertiary/aromatic N) is 2. The maximum absolute atomic E-state index is 13.4. The van der Waals surface area contributed by atoms with Crippen molar-refractivity contribution in [1.29, 1.82) is 0 Å². The number of hydrogen-bond acceptors (Lipinski definition) is 4. The Morgan fingerprint density at radius 3 is 2.22 bits per heavy atom. The number of nitrogens with one attached hydrogen (secondary N) is 1. The number of anilines is 1. The lowest BCUT2D eigenvalue weighted by molar-refractivity contribution is -0.119. The molecule has 1 aliphatic rings. The summed E-state index contributed by atoms with van der Waals surface area (Å²) < 4.78 is 27.9. The van der Waals surface area contributed by atoms with Gasteiger partial charge in [0.15, 0.2) is 0 Å². The fourth-order valence-corrected chi connectivity index (χ4v) is 6.13. The maximum Gasteiger partial charge on any atom is 0.264 e. The van der Waals surface area contributed by atoms with Gasteiger partial charge in [0.25, 0.3) is 10.0 Å². The van der Waals surface area contributed by atoms with Gasteiger partial charge in [-0.05, 0) is 61.3 Å². The van der Waals surface area contributed by atoms with E-state index >= 15 is 0 Å². The third kappa shape index (κ3) is 6.59. The number of likely N-dealkylation sites (tertiary alicyclic amines) is 1. The Morgan fingerprint density at radius 1 is 0.861 bits per heavy atom. The summed E-state index contributed by atoms with van der Waals surface area (Å²) in [5, 5.41) is 3.09. The summed E-state index contributed by atoms with van der Waals surface area (Å²) >= 11 is 12.5. The number of sulfonamides is 1. The first-order valence-electron chi connectivity index (χ1n) is 11.9. The Kier molecular flexibility index (Phi) is 8.90. The predicted octanol–water partition coefficient (Wildman–Crippen LogP) is 5.49. The monoisotopic (exact) mass is 545 g/mol. The van der Waals surface area contributed by atoms with Gasteiger partial charge < -0.3 is 5.32 Å². The Bertz CT molecular complexity index is 1280. The number of halogens is 2. The maximum atomic E-state index is 13.4. The molecule has 0 bridgehead atoms. The van der Waals surface area contributed by atoms with E-state index in [4.69, 9.17) is 23.2 Å². The van der Waals surface area contributed by atoms with Gasteiger partial charge >= 0.3 is 0 Å². The molecule has 1 fully saturated rings. The normalized spacial score (nSPS) is 14.4. The molecule has 1 N–H and O–H groups in total. The fourth-order valence-electron chi connectivity index (χ4n) is 4.23. The minimum absolute atomic E-state index is 0.0538. The van der Waals surface area contributed by atoms with Crippen LogP contribution in [0.2, 0.25) is 10.0 Å². The highest BCUT2D eigenvalue weighted by atomic mass is 35.5. The van der Waals surface area contributed by atoms with Crippen LogP contribution >= 0.6 is 23.2 Å². The number of amides is 1. The van der Waals surface area contributed by atoms with Gasteiger partial charge in [-0.15, -0.1) is 0 Å². The molecule has 3 aromatic carbocycles. The van der Waals surface area contributed by atoms with Gasteiger partial charge in [0.1, 0.15) is 6.54 Å². The molecule has 1 amide bonds. The number of hydrogen-bond donors (Lipinski definition) is 1. The molecule has 0 spiro atoms. The molecule has 1 saturated heterocycles. The number of carbonyl (C=O) groups is 1. The van der Waals surface area contributed by atoms with Crippen molar-refractivity contribution in [3.63, 3.8) is 0 Å². The Balaban J connectivity index is 1.45.